The fourth-order valence-corrected chi connectivity index (χ4v) is 1.27. The predicted octanol–water partition coefficient (Wildman–Crippen LogP) is 1.53. The van der Waals surface area contributed by atoms with Gasteiger partial charge < -0.3 is 9.84 Å². The minimum absolute atomic E-state index is 0.143. The molecule has 0 aliphatic carbocycles. The lowest BCUT2D eigenvalue weighted by Crippen LogP contribution is -2.08. The first kappa shape index (κ1) is 12.8. The third kappa shape index (κ3) is 2.87. The maximum Gasteiger partial charge on any atom is 0.309 e. The van der Waals surface area contributed by atoms with Crippen LogP contribution < -0.4 is 4.74 Å². The van der Waals surface area contributed by atoms with E-state index in [-0.39, 0.29) is 11.6 Å². The van der Waals surface area contributed by atoms with Crippen molar-refractivity contribution in [1.82, 2.24) is 4.98 Å². The van der Waals surface area contributed by atoms with Gasteiger partial charge >= 0.3 is 5.97 Å². The van der Waals surface area contributed by atoms with Crippen molar-refractivity contribution in [2.45, 2.75) is 12.8 Å². The summed E-state index contributed by atoms with van der Waals surface area (Å²) in [6.45, 7) is 0. The van der Waals surface area contributed by atoms with E-state index in [1.807, 2.05) is 0 Å². The maximum absolute atomic E-state index is 12.7. The minimum atomic E-state index is -2.89. The number of aromatic nitrogens is 1. The van der Waals surface area contributed by atoms with Crippen LogP contribution in [0.25, 0.3) is 0 Å². The predicted molar refractivity (Wildman–Crippen MR) is 51.8 cm³/mol. The number of hydrogen-bond acceptors (Lipinski definition) is 4. The van der Waals surface area contributed by atoms with E-state index in [0.29, 0.717) is 0 Å². The topological polar surface area (TPSA) is 83.2 Å². The van der Waals surface area contributed by atoms with Crippen molar-refractivity contribution < 1.29 is 23.4 Å². The van der Waals surface area contributed by atoms with E-state index in [4.69, 9.17) is 10.4 Å². The van der Waals surface area contributed by atoms with Gasteiger partial charge in [0.05, 0.1) is 24.8 Å². The first-order chi connectivity index (χ1) is 7.99. The van der Waals surface area contributed by atoms with Gasteiger partial charge in [0.25, 0.3) is 6.43 Å². The number of nitrogens with zero attached hydrogens (tertiary/aromatic N) is 2. The van der Waals surface area contributed by atoms with Crippen molar-refractivity contribution in [1.29, 1.82) is 5.26 Å². The number of methoxy groups -OCH3 is 1. The Balaban J connectivity index is 3.40. The Bertz CT molecular complexity index is 483. The lowest BCUT2D eigenvalue weighted by molar-refractivity contribution is -0.136. The number of carboxylic acid groups (broad SMARTS) is 1. The molecule has 0 aliphatic rings. The number of ether oxygens (including phenoxy) is 1. The zero-order valence-electron chi connectivity index (χ0n) is 8.78. The lowest BCUT2D eigenvalue weighted by atomic mass is 10.1. The Morgan fingerprint density at radius 3 is 2.76 bits per heavy atom. The number of aliphatic carboxylic acids is 1. The smallest absolute Gasteiger partial charge is 0.309 e. The molecule has 0 fully saturated rings. The number of alkyl halides is 2. The van der Waals surface area contributed by atoms with Crippen molar-refractivity contribution in [2.75, 3.05) is 7.11 Å². The molecule has 1 aromatic rings. The fourth-order valence-electron chi connectivity index (χ4n) is 1.27. The van der Waals surface area contributed by atoms with Gasteiger partial charge in [-0.25, -0.2) is 13.8 Å². The largest absolute Gasteiger partial charge is 0.481 e. The lowest BCUT2D eigenvalue weighted by Gasteiger charge is -2.09. The average molecular weight is 242 g/mol. The van der Waals surface area contributed by atoms with Gasteiger partial charge in [0.1, 0.15) is 6.07 Å². The van der Waals surface area contributed by atoms with Gasteiger partial charge in [0, 0.05) is 11.6 Å². The SMILES string of the molecule is COc1cc(C(F)F)c(C#N)c(CC(=O)O)n1. The summed E-state index contributed by atoms with van der Waals surface area (Å²) >= 11 is 0. The first-order valence-corrected chi connectivity index (χ1v) is 4.47. The molecule has 0 amide bonds. The van der Waals surface area contributed by atoms with Crippen LogP contribution in [0.15, 0.2) is 6.07 Å². The van der Waals surface area contributed by atoms with Crippen LogP contribution in [0.1, 0.15) is 23.2 Å². The van der Waals surface area contributed by atoms with Gasteiger partial charge in [-0.3, -0.25) is 4.79 Å². The molecule has 1 rings (SSSR count). The Hall–Kier alpha value is -2.23. The van der Waals surface area contributed by atoms with Gasteiger partial charge in [0.15, 0.2) is 0 Å². The summed E-state index contributed by atoms with van der Waals surface area (Å²) in [4.78, 5) is 14.2. The Kier molecular flexibility index (Phi) is 3.93. The van der Waals surface area contributed by atoms with Gasteiger partial charge in [-0.2, -0.15) is 5.26 Å². The van der Waals surface area contributed by atoms with Crippen LogP contribution in [0.4, 0.5) is 8.78 Å². The molecule has 0 saturated heterocycles. The van der Waals surface area contributed by atoms with Crippen LogP contribution in [-0.2, 0) is 11.2 Å². The fraction of sp³-hybridized carbons (Fsp3) is 0.300. The van der Waals surface area contributed by atoms with Gasteiger partial charge in [-0.1, -0.05) is 0 Å². The molecule has 17 heavy (non-hydrogen) atoms. The van der Waals surface area contributed by atoms with Crippen molar-refractivity contribution in [3.05, 3.63) is 22.9 Å². The zero-order chi connectivity index (χ0) is 13.0. The summed E-state index contributed by atoms with van der Waals surface area (Å²) in [6, 6.07) is 2.47. The van der Waals surface area contributed by atoms with Gasteiger partial charge in [-0.15, -0.1) is 0 Å². The number of rotatable bonds is 4. The van der Waals surface area contributed by atoms with Crippen LogP contribution in [0.5, 0.6) is 5.88 Å². The van der Waals surface area contributed by atoms with Crippen LogP contribution in [0, 0.1) is 11.3 Å². The molecule has 0 radical (unpaired) electrons. The highest BCUT2D eigenvalue weighted by Crippen LogP contribution is 2.27. The van der Waals surface area contributed by atoms with E-state index in [0.717, 1.165) is 6.07 Å². The van der Waals surface area contributed by atoms with Crippen molar-refractivity contribution in [3.63, 3.8) is 0 Å². The van der Waals surface area contributed by atoms with E-state index in [9.17, 15) is 13.6 Å². The molecule has 0 unspecified atom stereocenters. The molecule has 0 bridgehead atoms. The summed E-state index contributed by atoms with van der Waals surface area (Å²) in [5.74, 6) is -1.40. The second kappa shape index (κ2) is 5.21. The van der Waals surface area contributed by atoms with Gasteiger partial charge in [0.2, 0.25) is 5.88 Å². The monoisotopic (exact) mass is 242 g/mol. The normalized spacial score (nSPS) is 10.1. The first-order valence-electron chi connectivity index (χ1n) is 4.47. The number of carbonyl (C=O) groups is 1. The second-order valence-corrected chi connectivity index (χ2v) is 3.06. The van der Waals surface area contributed by atoms with Crippen molar-refractivity contribution in [2.24, 2.45) is 0 Å². The van der Waals surface area contributed by atoms with Crippen LogP contribution in [0.2, 0.25) is 0 Å². The molecule has 90 valence electrons. The second-order valence-electron chi connectivity index (χ2n) is 3.06. The Morgan fingerprint density at radius 2 is 2.35 bits per heavy atom. The summed E-state index contributed by atoms with van der Waals surface area (Å²) in [5, 5.41) is 17.4. The molecule has 5 nitrogen and oxygen atoms in total. The van der Waals surface area contributed by atoms with E-state index in [1.54, 1.807) is 6.07 Å². The maximum atomic E-state index is 12.7. The highest BCUT2D eigenvalue weighted by molar-refractivity contribution is 5.71. The number of halogens is 2. The van der Waals surface area contributed by atoms with Crippen LogP contribution >= 0.6 is 0 Å². The molecule has 0 atom stereocenters. The van der Waals surface area contributed by atoms with Gasteiger partial charge in [-0.05, 0) is 0 Å². The molecule has 7 heteroatoms. The highest BCUT2D eigenvalue weighted by Gasteiger charge is 2.21. The molecule has 0 aromatic carbocycles. The molecule has 1 aromatic heterocycles. The quantitative estimate of drug-likeness (QED) is 0.865. The number of pyridine rings is 1. The minimum Gasteiger partial charge on any atom is -0.481 e. The average Bonchev–Trinajstić information content (AvgIpc) is 2.26. The molecule has 1 N–H and O–H groups in total. The number of nitriles is 1. The van der Waals surface area contributed by atoms with E-state index < -0.39 is 29.9 Å². The van der Waals surface area contributed by atoms with Crippen LogP contribution in [0.3, 0.4) is 0 Å². The van der Waals surface area contributed by atoms with E-state index >= 15 is 0 Å². The van der Waals surface area contributed by atoms with Crippen LogP contribution in [-0.4, -0.2) is 23.2 Å². The molecule has 0 saturated carbocycles. The molecular formula is C10H8F2N2O3. The van der Waals surface area contributed by atoms with E-state index in [1.165, 1.54) is 7.11 Å². The Morgan fingerprint density at radius 1 is 1.71 bits per heavy atom. The van der Waals surface area contributed by atoms with Crippen molar-refractivity contribution in [3.8, 4) is 11.9 Å². The Labute approximate surface area is 95.3 Å². The molecule has 0 spiro atoms. The molecule has 0 aliphatic heterocycles. The summed E-state index contributed by atoms with van der Waals surface area (Å²) in [6.07, 6.45) is -3.51. The number of carboxylic acids is 1. The summed E-state index contributed by atoms with van der Waals surface area (Å²) in [5.41, 5.74) is -1.21. The van der Waals surface area contributed by atoms with Crippen molar-refractivity contribution >= 4 is 5.97 Å². The third-order valence-corrected chi connectivity index (χ3v) is 1.98. The standard InChI is InChI=1S/C10H8F2N2O3/c1-17-8-2-5(10(11)12)6(4-13)7(14-8)3-9(15)16/h2,10H,3H2,1H3,(H,15,16). The summed E-state index contributed by atoms with van der Waals surface area (Å²) in [7, 11) is 1.22. The highest BCUT2D eigenvalue weighted by atomic mass is 19.3. The molecule has 1 heterocycles. The third-order valence-electron chi connectivity index (χ3n) is 1.98. The number of hydrogen-bond donors (Lipinski definition) is 1. The summed E-state index contributed by atoms with van der Waals surface area (Å²) < 4.78 is 30.0. The molecular weight excluding hydrogens is 234 g/mol. The van der Waals surface area contributed by atoms with E-state index in [2.05, 4.69) is 9.72 Å². The zero-order valence-corrected chi connectivity index (χ0v) is 8.78.